The standard InChI is InChI=1S/C29H31N3O5/c1-19(14-28(34)35)22-7-5-8-23(17-22)30-18-24(33)15-20-10-11-25(27(16-20)37-2)31-29(36)32-13-12-21-6-3-4-9-26(21)32/h3-11,16-17,19,30H,12-15,18H2,1-2H3,(H,31,36)(H,34,35). The average molecular weight is 502 g/mol. The van der Waals surface area contributed by atoms with E-state index < -0.39 is 5.97 Å². The van der Waals surface area contributed by atoms with Crippen LogP contribution < -0.4 is 20.3 Å². The molecule has 0 fully saturated rings. The van der Waals surface area contributed by atoms with Gasteiger partial charge in [-0.05, 0) is 59.4 Å². The van der Waals surface area contributed by atoms with Crippen molar-refractivity contribution in [3.05, 3.63) is 83.4 Å². The summed E-state index contributed by atoms with van der Waals surface area (Å²) in [6.07, 6.45) is 1.07. The summed E-state index contributed by atoms with van der Waals surface area (Å²) in [7, 11) is 1.53. The van der Waals surface area contributed by atoms with E-state index in [1.807, 2.05) is 61.5 Å². The molecule has 1 unspecified atom stereocenters. The fourth-order valence-electron chi connectivity index (χ4n) is 4.51. The molecule has 1 heterocycles. The zero-order valence-electron chi connectivity index (χ0n) is 21.0. The van der Waals surface area contributed by atoms with Gasteiger partial charge in [0, 0.05) is 24.3 Å². The maximum atomic E-state index is 12.9. The third-order valence-electron chi connectivity index (χ3n) is 6.47. The molecule has 1 aliphatic heterocycles. The number of aliphatic carboxylic acids is 1. The molecular formula is C29H31N3O5. The molecule has 37 heavy (non-hydrogen) atoms. The number of nitrogens with one attached hydrogen (secondary N) is 2. The van der Waals surface area contributed by atoms with Gasteiger partial charge in [-0.25, -0.2) is 4.79 Å². The number of carboxylic acids is 1. The second-order valence-electron chi connectivity index (χ2n) is 9.19. The predicted octanol–water partition coefficient (Wildman–Crippen LogP) is 5.09. The highest BCUT2D eigenvalue weighted by atomic mass is 16.5. The number of hydrogen-bond acceptors (Lipinski definition) is 5. The quantitative estimate of drug-likeness (QED) is 0.357. The fourth-order valence-corrected chi connectivity index (χ4v) is 4.51. The molecule has 0 aliphatic carbocycles. The minimum absolute atomic E-state index is 0.0171. The number of benzene rings is 3. The van der Waals surface area contributed by atoms with Gasteiger partial charge in [0.25, 0.3) is 0 Å². The van der Waals surface area contributed by atoms with Crippen LogP contribution in [0.25, 0.3) is 0 Å². The molecule has 0 bridgehead atoms. The number of urea groups is 1. The van der Waals surface area contributed by atoms with Crippen molar-refractivity contribution in [2.45, 2.75) is 32.1 Å². The Balaban J connectivity index is 1.34. The largest absolute Gasteiger partial charge is 0.495 e. The first-order valence-corrected chi connectivity index (χ1v) is 12.2. The summed E-state index contributed by atoms with van der Waals surface area (Å²) in [5, 5.41) is 15.1. The Morgan fingerprint density at radius 3 is 2.65 bits per heavy atom. The first-order chi connectivity index (χ1) is 17.8. The highest BCUT2D eigenvalue weighted by molar-refractivity contribution is 6.04. The Morgan fingerprint density at radius 1 is 1.05 bits per heavy atom. The zero-order valence-corrected chi connectivity index (χ0v) is 21.0. The summed E-state index contributed by atoms with van der Waals surface area (Å²) in [5.41, 5.74) is 5.04. The van der Waals surface area contributed by atoms with Crippen LogP contribution in [0.1, 0.15) is 36.0 Å². The molecule has 192 valence electrons. The van der Waals surface area contributed by atoms with E-state index in [-0.39, 0.29) is 37.1 Å². The van der Waals surface area contributed by atoms with Crippen LogP contribution in [0.2, 0.25) is 0 Å². The van der Waals surface area contributed by atoms with E-state index in [1.54, 1.807) is 17.0 Å². The van der Waals surface area contributed by atoms with Crippen LogP contribution >= 0.6 is 0 Å². The molecule has 0 saturated heterocycles. The van der Waals surface area contributed by atoms with E-state index in [9.17, 15) is 14.4 Å². The minimum atomic E-state index is -0.844. The van der Waals surface area contributed by atoms with Gasteiger partial charge in [-0.1, -0.05) is 43.3 Å². The van der Waals surface area contributed by atoms with Crippen LogP contribution in [0.15, 0.2) is 66.7 Å². The molecule has 1 atom stereocenters. The predicted molar refractivity (Wildman–Crippen MR) is 144 cm³/mol. The number of rotatable bonds is 10. The maximum Gasteiger partial charge on any atom is 0.326 e. The van der Waals surface area contributed by atoms with Crippen molar-refractivity contribution in [3.8, 4) is 5.75 Å². The summed E-state index contributed by atoms with van der Waals surface area (Å²) in [4.78, 5) is 38.3. The molecule has 3 aromatic rings. The van der Waals surface area contributed by atoms with E-state index in [2.05, 4.69) is 10.6 Å². The molecule has 8 heteroatoms. The minimum Gasteiger partial charge on any atom is -0.495 e. The molecule has 3 aromatic carbocycles. The topological polar surface area (TPSA) is 108 Å². The number of Topliss-reactive ketones (excluding diaryl/α,β-unsaturated/α-hetero) is 1. The van der Waals surface area contributed by atoms with Gasteiger partial charge < -0.3 is 20.5 Å². The van der Waals surface area contributed by atoms with Crippen molar-refractivity contribution in [1.29, 1.82) is 0 Å². The molecule has 2 amide bonds. The van der Waals surface area contributed by atoms with Crippen molar-refractivity contribution in [1.82, 2.24) is 0 Å². The summed E-state index contributed by atoms with van der Waals surface area (Å²) in [6, 6.07) is 20.4. The van der Waals surface area contributed by atoms with Crippen molar-refractivity contribution in [2.24, 2.45) is 0 Å². The number of methoxy groups -OCH3 is 1. The molecule has 0 spiro atoms. The second kappa shape index (κ2) is 11.6. The lowest BCUT2D eigenvalue weighted by Crippen LogP contribution is -2.33. The lowest BCUT2D eigenvalue weighted by Gasteiger charge is -2.19. The first-order valence-electron chi connectivity index (χ1n) is 12.2. The summed E-state index contributed by atoms with van der Waals surface area (Å²) in [5.74, 6) is -0.499. The Labute approximate surface area is 216 Å². The maximum absolute atomic E-state index is 12.9. The second-order valence-corrected chi connectivity index (χ2v) is 9.19. The number of carbonyl (C=O) groups excluding carboxylic acids is 2. The number of amides is 2. The van der Waals surface area contributed by atoms with Gasteiger partial charge in [-0.2, -0.15) is 0 Å². The molecule has 1 aliphatic rings. The molecule has 0 saturated carbocycles. The van der Waals surface area contributed by atoms with Gasteiger partial charge in [0.2, 0.25) is 0 Å². The van der Waals surface area contributed by atoms with Gasteiger partial charge in [0.15, 0.2) is 5.78 Å². The molecule has 3 N–H and O–H groups in total. The summed E-state index contributed by atoms with van der Waals surface area (Å²) >= 11 is 0. The van der Waals surface area contributed by atoms with Crippen LogP contribution in [0.3, 0.4) is 0 Å². The third kappa shape index (κ3) is 6.46. The number of nitrogens with zero attached hydrogens (tertiary/aromatic N) is 1. The van der Waals surface area contributed by atoms with Crippen molar-refractivity contribution < 1.29 is 24.2 Å². The highest BCUT2D eigenvalue weighted by Crippen LogP contribution is 2.30. The first kappa shape index (κ1) is 25.8. The van der Waals surface area contributed by atoms with E-state index >= 15 is 0 Å². The number of ether oxygens (including phenoxy) is 1. The molecule has 0 radical (unpaired) electrons. The number of fused-ring (bicyclic) bond motifs is 1. The number of para-hydroxylation sites is 1. The van der Waals surface area contributed by atoms with Crippen LogP contribution in [0, 0.1) is 0 Å². The monoisotopic (exact) mass is 501 g/mol. The van der Waals surface area contributed by atoms with Gasteiger partial charge in [-0.15, -0.1) is 0 Å². The van der Waals surface area contributed by atoms with Gasteiger partial charge in [0.1, 0.15) is 5.75 Å². The average Bonchev–Trinajstić information content (AvgIpc) is 3.32. The van der Waals surface area contributed by atoms with E-state index in [0.717, 1.165) is 34.5 Å². The van der Waals surface area contributed by atoms with Gasteiger partial charge in [0.05, 0.1) is 25.8 Å². The molecular weight excluding hydrogens is 470 g/mol. The van der Waals surface area contributed by atoms with E-state index in [0.29, 0.717) is 18.0 Å². The normalized spacial score (nSPS) is 13.0. The Kier molecular flexibility index (Phi) is 8.08. The molecule has 4 rings (SSSR count). The van der Waals surface area contributed by atoms with E-state index in [1.165, 1.54) is 7.11 Å². The third-order valence-corrected chi connectivity index (χ3v) is 6.47. The van der Waals surface area contributed by atoms with Crippen molar-refractivity contribution in [2.75, 3.05) is 35.7 Å². The SMILES string of the molecule is COc1cc(CC(=O)CNc2cccc(C(C)CC(=O)O)c2)ccc1NC(=O)N1CCc2ccccc21. The zero-order chi connectivity index (χ0) is 26.4. The molecule has 0 aromatic heterocycles. The lowest BCUT2D eigenvalue weighted by atomic mass is 9.97. The van der Waals surface area contributed by atoms with Crippen LogP contribution in [-0.2, 0) is 22.4 Å². The van der Waals surface area contributed by atoms with Crippen LogP contribution in [-0.4, -0.2) is 43.1 Å². The number of carboxylic acid groups (broad SMARTS) is 1. The van der Waals surface area contributed by atoms with Crippen LogP contribution in [0.5, 0.6) is 5.75 Å². The fraction of sp³-hybridized carbons (Fsp3) is 0.276. The smallest absolute Gasteiger partial charge is 0.326 e. The number of hydrogen-bond donors (Lipinski definition) is 3. The molecule has 8 nitrogen and oxygen atoms in total. The van der Waals surface area contributed by atoms with Gasteiger partial charge in [-0.3, -0.25) is 14.5 Å². The van der Waals surface area contributed by atoms with Crippen LogP contribution in [0.4, 0.5) is 21.9 Å². The Hall–Kier alpha value is -4.33. The number of anilines is 3. The highest BCUT2D eigenvalue weighted by Gasteiger charge is 2.25. The van der Waals surface area contributed by atoms with Crippen molar-refractivity contribution in [3.63, 3.8) is 0 Å². The van der Waals surface area contributed by atoms with E-state index in [4.69, 9.17) is 9.84 Å². The van der Waals surface area contributed by atoms with Crippen molar-refractivity contribution >= 4 is 34.8 Å². The Bertz CT molecular complexity index is 1310. The Morgan fingerprint density at radius 2 is 1.86 bits per heavy atom. The number of carbonyl (C=O) groups is 3. The van der Waals surface area contributed by atoms with Gasteiger partial charge >= 0.3 is 12.0 Å². The summed E-state index contributed by atoms with van der Waals surface area (Å²) < 4.78 is 5.49. The number of ketones is 1. The lowest BCUT2D eigenvalue weighted by molar-refractivity contribution is -0.137. The summed E-state index contributed by atoms with van der Waals surface area (Å²) in [6.45, 7) is 2.61.